The van der Waals surface area contributed by atoms with Crippen molar-refractivity contribution in [3.05, 3.63) is 29.8 Å². The van der Waals surface area contributed by atoms with Crippen molar-refractivity contribution >= 4 is 5.91 Å². The van der Waals surface area contributed by atoms with Crippen LogP contribution < -0.4 is 4.74 Å². The average molecular weight is 302 g/mol. The van der Waals surface area contributed by atoms with Gasteiger partial charge in [-0.15, -0.1) is 0 Å². The van der Waals surface area contributed by atoms with Crippen LogP contribution in [0.3, 0.4) is 0 Å². The van der Waals surface area contributed by atoms with Gasteiger partial charge < -0.3 is 15.4 Å². The summed E-state index contributed by atoms with van der Waals surface area (Å²) in [6.45, 7) is 0.618. The molecule has 8 heteroatoms. The Balaban J connectivity index is 1.93. The van der Waals surface area contributed by atoms with Crippen LogP contribution in [0.1, 0.15) is 18.4 Å². The quantitative estimate of drug-likeness (QED) is 0.861. The summed E-state index contributed by atoms with van der Waals surface area (Å²) in [5.41, 5.74) is 6.17. The van der Waals surface area contributed by atoms with Crippen LogP contribution in [0, 0.1) is 0 Å². The maximum Gasteiger partial charge on any atom is 0.418 e. The number of carbonyl (C=O) groups is 1. The second kappa shape index (κ2) is 6.30. The van der Waals surface area contributed by atoms with E-state index in [1.165, 1.54) is 6.20 Å². The molecule has 5 nitrogen and oxygen atoms in total. The predicted molar refractivity (Wildman–Crippen MR) is 68.7 cm³/mol. The lowest BCUT2D eigenvalue weighted by molar-refractivity contribution is -0.138. The van der Waals surface area contributed by atoms with E-state index in [0.29, 0.717) is 25.9 Å². The molecule has 1 fully saturated rings. The molecular formula is C13H15F3N3O2-. The largest absolute Gasteiger partial charge is 0.670 e. The Hall–Kier alpha value is -1.83. The van der Waals surface area contributed by atoms with Gasteiger partial charge in [0.05, 0.1) is 11.8 Å². The Kier molecular flexibility index (Phi) is 4.66. The fraction of sp³-hybridized carbons (Fsp3) is 0.538. The van der Waals surface area contributed by atoms with Crippen LogP contribution in [-0.2, 0) is 11.0 Å². The molecule has 0 radical (unpaired) electrons. The number of pyridine rings is 1. The van der Waals surface area contributed by atoms with Gasteiger partial charge in [-0.1, -0.05) is 6.54 Å². The minimum absolute atomic E-state index is 0.0788. The number of piperidine rings is 1. The summed E-state index contributed by atoms with van der Waals surface area (Å²) < 4.78 is 43.2. The van der Waals surface area contributed by atoms with E-state index in [1.54, 1.807) is 4.90 Å². The van der Waals surface area contributed by atoms with Gasteiger partial charge in [0.25, 0.3) is 0 Å². The molecule has 1 N–H and O–H groups in total. The highest BCUT2D eigenvalue weighted by molar-refractivity contribution is 5.79. The van der Waals surface area contributed by atoms with Crippen LogP contribution in [0.4, 0.5) is 13.2 Å². The smallest absolute Gasteiger partial charge is 0.418 e. The molecule has 0 spiro atoms. The number of hydrogen-bond acceptors (Lipinski definition) is 3. The van der Waals surface area contributed by atoms with Crippen molar-refractivity contribution in [2.75, 3.05) is 19.6 Å². The monoisotopic (exact) mass is 302 g/mol. The number of carbonyl (C=O) groups excluding carboxylic acids is 1. The molecule has 116 valence electrons. The number of ether oxygens (including phenoxy) is 1. The molecule has 2 heterocycles. The standard InChI is InChI=1S/C13H15F3N3O2/c14-13(15,16)9-5-11(8-18-7-9)21-10-1-3-19(4-2-10)12(20)6-17/h5,7-8,10,17H,1-4,6H2/q-1. The second-order valence-corrected chi connectivity index (χ2v) is 4.78. The fourth-order valence-electron chi connectivity index (χ4n) is 2.17. The molecular weight excluding hydrogens is 287 g/mol. The minimum atomic E-state index is -4.45. The number of nitrogens with one attached hydrogen (secondary N) is 1. The number of alkyl halides is 3. The first-order valence-corrected chi connectivity index (χ1v) is 6.51. The van der Waals surface area contributed by atoms with E-state index in [2.05, 4.69) is 4.98 Å². The minimum Gasteiger partial charge on any atom is -0.670 e. The molecule has 2 rings (SSSR count). The van der Waals surface area contributed by atoms with Crippen LogP contribution in [0.5, 0.6) is 5.75 Å². The van der Waals surface area contributed by atoms with E-state index in [9.17, 15) is 18.0 Å². The van der Waals surface area contributed by atoms with Crippen LogP contribution in [0.15, 0.2) is 18.5 Å². The highest BCUT2D eigenvalue weighted by atomic mass is 19.4. The molecule has 1 aromatic rings. The molecule has 1 aliphatic heterocycles. The van der Waals surface area contributed by atoms with E-state index in [4.69, 9.17) is 10.5 Å². The lowest BCUT2D eigenvalue weighted by Gasteiger charge is -2.32. The summed E-state index contributed by atoms with van der Waals surface area (Å²) >= 11 is 0. The third kappa shape index (κ3) is 4.07. The Morgan fingerprint density at radius 1 is 1.38 bits per heavy atom. The zero-order valence-electron chi connectivity index (χ0n) is 11.2. The molecule has 1 aromatic heterocycles. The van der Waals surface area contributed by atoms with Crippen molar-refractivity contribution in [3.8, 4) is 5.75 Å². The van der Waals surface area contributed by atoms with Crippen LogP contribution in [-0.4, -0.2) is 41.5 Å². The Labute approximate surface area is 119 Å². The van der Waals surface area contributed by atoms with Gasteiger partial charge in [0.2, 0.25) is 5.91 Å². The van der Waals surface area contributed by atoms with Crippen molar-refractivity contribution in [2.24, 2.45) is 0 Å². The number of rotatable bonds is 3. The summed E-state index contributed by atoms with van der Waals surface area (Å²) in [4.78, 5) is 16.5. The zero-order chi connectivity index (χ0) is 15.5. The summed E-state index contributed by atoms with van der Waals surface area (Å²) in [7, 11) is 0. The number of nitrogens with zero attached hydrogens (tertiary/aromatic N) is 2. The van der Waals surface area contributed by atoms with Gasteiger partial charge >= 0.3 is 6.18 Å². The molecule has 0 aliphatic carbocycles. The van der Waals surface area contributed by atoms with E-state index >= 15 is 0 Å². The summed E-state index contributed by atoms with van der Waals surface area (Å²) in [6, 6.07) is 0.925. The summed E-state index contributed by atoms with van der Waals surface area (Å²) in [5, 5.41) is 0. The lowest BCUT2D eigenvalue weighted by Crippen LogP contribution is -2.42. The molecule has 1 saturated heterocycles. The number of halogens is 3. The van der Waals surface area contributed by atoms with Crippen molar-refractivity contribution in [3.63, 3.8) is 0 Å². The first-order valence-electron chi connectivity index (χ1n) is 6.51. The van der Waals surface area contributed by atoms with Gasteiger partial charge in [-0.25, -0.2) is 0 Å². The molecule has 1 amide bonds. The molecule has 0 saturated carbocycles. The van der Waals surface area contributed by atoms with E-state index < -0.39 is 11.7 Å². The van der Waals surface area contributed by atoms with Crippen molar-refractivity contribution in [1.82, 2.24) is 9.88 Å². The molecule has 1 aliphatic rings. The van der Waals surface area contributed by atoms with E-state index in [-0.39, 0.29) is 24.3 Å². The zero-order valence-corrected chi connectivity index (χ0v) is 11.2. The Morgan fingerprint density at radius 2 is 2.05 bits per heavy atom. The number of aromatic nitrogens is 1. The van der Waals surface area contributed by atoms with Gasteiger partial charge in [0.1, 0.15) is 11.9 Å². The van der Waals surface area contributed by atoms with Gasteiger partial charge in [-0.2, -0.15) is 13.2 Å². The summed E-state index contributed by atoms with van der Waals surface area (Å²) in [5.74, 6) is -0.163. The molecule has 0 unspecified atom stereocenters. The van der Waals surface area contributed by atoms with Gasteiger partial charge in [-0.05, 0) is 6.07 Å². The predicted octanol–water partition coefficient (Wildman–Crippen LogP) is 2.52. The highest BCUT2D eigenvalue weighted by Gasteiger charge is 2.31. The Morgan fingerprint density at radius 3 is 2.62 bits per heavy atom. The second-order valence-electron chi connectivity index (χ2n) is 4.78. The maximum absolute atomic E-state index is 12.6. The van der Waals surface area contributed by atoms with Gasteiger partial charge in [0, 0.05) is 32.1 Å². The first-order chi connectivity index (χ1) is 9.90. The van der Waals surface area contributed by atoms with Crippen molar-refractivity contribution in [2.45, 2.75) is 25.1 Å². The van der Waals surface area contributed by atoms with Crippen molar-refractivity contribution < 1.29 is 22.7 Å². The molecule has 0 atom stereocenters. The molecule has 0 bridgehead atoms. The van der Waals surface area contributed by atoms with Crippen LogP contribution >= 0.6 is 0 Å². The normalized spacial score (nSPS) is 16.9. The summed E-state index contributed by atoms with van der Waals surface area (Å²) in [6.07, 6.45) is -1.63. The van der Waals surface area contributed by atoms with Crippen LogP contribution in [0.25, 0.3) is 5.73 Å². The lowest BCUT2D eigenvalue weighted by atomic mass is 10.1. The average Bonchev–Trinajstić information content (AvgIpc) is 2.47. The molecule has 21 heavy (non-hydrogen) atoms. The van der Waals surface area contributed by atoms with Crippen molar-refractivity contribution in [1.29, 1.82) is 0 Å². The number of hydrogen-bond donors (Lipinski definition) is 0. The SMILES string of the molecule is [NH-]CC(=O)N1CCC(Oc2cncc(C(F)(F)F)c2)CC1. The van der Waals surface area contributed by atoms with Crippen LogP contribution in [0.2, 0.25) is 0 Å². The third-order valence-electron chi connectivity index (χ3n) is 3.29. The number of likely N-dealkylation sites (tertiary alicyclic amines) is 1. The van der Waals surface area contributed by atoms with E-state index in [1.807, 2.05) is 0 Å². The highest BCUT2D eigenvalue weighted by Crippen LogP contribution is 2.31. The first kappa shape index (κ1) is 15.6. The van der Waals surface area contributed by atoms with Gasteiger partial charge in [-0.3, -0.25) is 9.78 Å². The molecule has 0 aromatic carbocycles. The Bertz CT molecular complexity index is 500. The number of amides is 1. The van der Waals surface area contributed by atoms with Gasteiger partial charge in [0.15, 0.2) is 0 Å². The fourth-order valence-corrected chi connectivity index (χ4v) is 2.17. The maximum atomic E-state index is 12.6. The van der Waals surface area contributed by atoms with E-state index in [0.717, 1.165) is 12.3 Å². The topological polar surface area (TPSA) is 66.2 Å². The third-order valence-corrected chi connectivity index (χ3v) is 3.29.